The average Bonchev–Trinajstić information content (AvgIpc) is 2.63. The largest absolute Gasteiger partial charge is 0.493 e. The molecule has 0 aromatic heterocycles. The Balaban J connectivity index is 2.32. The minimum Gasteiger partial charge on any atom is -0.493 e. The highest BCUT2D eigenvalue weighted by Gasteiger charge is 2.20. The van der Waals surface area contributed by atoms with E-state index in [9.17, 15) is 0 Å². The summed E-state index contributed by atoms with van der Waals surface area (Å²) in [6.07, 6.45) is 3.95. The van der Waals surface area contributed by atoms with Gasteiger partial charge in [-0.2, -0.15) is 0 Å². The van der Waals surface area contributed by atoms with Crippen LogP contribution in [0.5, 0.6) is 11.5 Å². The van der Waals surface area contributed by atoms with Crippen molar-refractivity contribution < 1.29 is 18.9 Å². The second-order valence-corrected chi connectivity index (χ2v) is 5.89. The van der Waals surface area contributed by atoms with Gasteiger partial charge in [0.05, 0.1) is 19.4 Å². The zero-order valence-corrected chi connectivity index (χ0v) is 15.4. The van der Waals surface area contributed by atoms with E-state index in [1.807, 2.05) is 12.3 Å². The molecule has 132 valence electrons. The Morgan fingerprint density at radius 2 is 2.17 bits per heavy atom. The molecule has 1 heterocycles. The van der Waals surface area contributed by atoms with E-state index in [0.29, 0.717) is 0 Å². The summed E-state index contributed by atoms with van der Waals surface area (Å²) in [6.45, 7) is 1.17. The van der Waals surface area contributed by atoms with E-state index in [-0.39, 0.29) is 13.5 Å². The summed E-state index contributed by atoms with van der Waals surface area (Å²) in [4.78, 5) is 8.90. The molecule has 0 spiro atoms. The fraction of sp³-hybridized carbons (Fsp3) is 0.529. The Hall–Kier alpha value is -1.57. The van der Waals surface area contributed by atoms with E-state index < -0.39 is 0 Å². The molecule has 2 rings (SSSR count). The summed E-state index contributed by atoms with van der Waals surface area (Å²) >= 11 is 1.53. The predicted octanol–water partition coefficient (Wildman–Crippen LogP) is 2.78. The molecule has 0 bridgehead atoms. The van der Waals surface area contributed by atoms with Crippen LogP contribution in [-0.2, 0) is 15.9 Å². The quantitative estimate of drug-likeness (QED) is 0.327. The molecule has 7 heteroatoms. The molecule has 6 nitrogen and oxygen atoms in total. The Morgan fingerprint density at radius 3 is 2.83 bits per heavy atom. The number of rotatable bonds is 7. The summed E-state index contributed by atoms with van der Waals surface area (Å²) < 4.78 is 21.4. The molecule has 0 unspecified atom stereocenters. The van der Waals surface area contributed by atoms with Crippen molar-refractivity contribution in [2.75, 3.05) is 47.7 Å². The number of nitrogens with zero attached hydrogens (tertiary/aromatic N) is 2. The van der Waals surface area contributed by atoms with Crippen molar-refractivity contribution in [3.05, 3.63) is 23.3 Å². The molecule has 0 N–H and O–H groups in total. The third kappa shape index (κ3) is 4.49. The molecule has 1 aromatic rings. The maximum Gasteiger partial charge on any atom is 0.164 e. The summed E-state index contributed by atoms with van der Waals surface area (Å²) in [6, 6.07) is 4.06. The first-order chi connectivity index (χ1) is 11.7. The van der Waals surface area contributed by atoms with E-state index in [0.717, 1.165) is 52.8 Å². The Kier molecular flexibility index (Phi) is 7.55. The van der Waals surface area contributed by atoms with Gasteiger partial charge in [0.25, 0.3) is 0 Å². The molecular weight excluding hydrogens is 328 g/mol. The molecular formula is C17H24N2O4S. The third-order valence-corrected chi connectivity index (χ3v) is 4.29. The SMILES string of the molecule is CN=C(/C(=N/COCOC)SC)c1cc2c(c(OC)c1)OCCC2. The third-order valence-electron chi connectivity index (χ3n) is 3.58. The van der Waals surface area contributed by atoms with Crippen molar-refractivity contribution in [1.29, 1.82) is 0 Å². The van der Waals surface area contributed by atoms with E-state index in [1.54, 1.807) is 21.3 Å². The normalized spacial score (nSPS) is 15.0. The van der Waals surface area contributed by atoms with Gasteiger partial charge in [0.2, 0.25) is 0 Å². The van der Waals surface area contributed by atoms with Gasteiger partial charge in [-0.25, -0.2) is 4.99 Å². The van der Waals surface area contributed by atoms with Crippen LogP contribution in [0.4, 0.5) is 0 Å². The Morgan fingerprint density at radius 1 is 1.33 bits per heavy atom. The van der Waals surface area contributed by atoms with E-state index in [1.165, 1.54) is 11.8 Å². The fourth-order valence-corrected chi connectivity index (χ4v) is 3.13. The van der Waals surface area contributed by atoms with Crippen LogP contribution < -0.4 is 9.47 Å². The standard InChI is InChI=1S/C17H24N2O4S/c1-18-15(17(24-4)19-10-22-11-20-2)13-8-12-6-5-7-23-16(12)14(9-13)21-3/h8-9H,5-7,10-11H2,1-4H3/b18-15?,19-17-. The fourth-order valence-electron chi connectivity index (χ4n) is 2.54. The topological polar surface area (TPSA) is 61.6 Å². The van der Waals surface area contributed by atoms with E-state index >= 15 is 0 Å². The van der Waals surface area contributed by atoms with Gasteiger partial charge in [-0.3, -0.25) is 4.99 Å². The van der Waals surface area contributed by atoms with Crippen LogP contribution in [0.25, 0.3) is 0 Å². The van der Waals surface area contributed by atoms with E-state index in [4.69, 9.17) is 18.9 Å². The smallest absolute Gasteiger partial charge is 0.164 e. The highest BCUT2D eigenvalue weighted by atomic mass is 32.2. The number of aryl methyl sites for hydroxylation is 1. The van der Waals surface area contributed by atoms with E-state index in [2.05, 4.69) is 16.1 Å². The number of ether oxygens (including phenoxy) is 4. The van der Waals surface area contributed by atoms with Gasteiger partial charge >= 0.3 is 0 Å². The van der Waals surface area contributed by atoms with Gasteiger partial charge in [0, 0.05) is 19.7 Å². The molecule has 0 fully saturated rings. The second kappa shape index (κ2) is 9.66. The first-order valence-corrected chi connectivity index (χ1v) is 8.94. The van der Waals surface area contributed by atoms with Crippen molar-refractivity contribution in [2.45, 2.75) is 12.8 Å². The van der Waals surface area contributed by atoms with Crippen LogP contribution in [0.1, 0.15) is 17.5 Å². The minimum absolute atomic E-state index is 0.216. The molecule has 0 saturated carbocycles. The molecule has 0 radical (unpaired) electrons. The predicted molar refractivity (Wildman–Crippen MR) is 98.0 cm³/mol. The maximum atomic E-state index is 5.76. The number of benzene rings is 1. The van der Waals surface area contributed by atoms with Crippen LogP contribution in [0.2, 0.25) is 0 Å². The summed E-state index contributed by atoms with van der Waals surface area (Å²) in [5.41, 5.74) is 2.93. The van der Waals surface area contributed by atoms with Gasteiger partial charge in [0.15, 0.2) is 11.5 Å². The monoisotopic (exact) mass is 352 g/mol. The number of hydrogen-bond donors (Lipinski definition) is 0. The van der Waals surface area contributed by atoms with Gasteiger partial charge in [-0.1, -0.05) is 0 Å². The van der Waals surface area contributed by atoms with Crippen molar-refractivity contribution in [2.24, 2.45) is 9.98 Å². The molecule has 0 aliphatic carbocycles. The lowest BCUT2D eigenvalue weighted by Crippen LogP contribution is -2.16. The van der Waals surface area contributed by atoms with Crippen molar-refractivity contribution in [3.63, 3.8) is 0 Å². The molecule has 0 amide bonds. The Labute approximate surface area is 147 Å². The number of aliphatic imine (C=N–C) groups is 2. The summed E-state index contributed by atoms with van der Waals surface area (Å²) in [5, 5.41) is 0.812. The Bertz CT molecular complexity index is 600. The van der Waals surface area contributed by atoms with Crippen LogP contribution in [0.3, 0.4) is 0 Å². The molecule has 0 saturated heterocycles. The zero-order chi connectivity index (χ0) is 17.4. The number of thioether (sulfide) groups is 1. The van der Waals surface area contributed by atoms with Crippen LogP contribution in [0.15, 0.2) is 22.1 Å². The van der Waals surface area contributed by atoms with Gasteiger partial charge < -0.3 is 18.9 Å². The van der Waals surface area contributed by atoms with Gasteiger partial charge in [-0.15, -0.1) is 11.8 Å². The lowest BCUT2D eigenvalue weighted by molar-refractivity contribution is -0.0270. The van der Waals surface area contributed by atoms with Crippen LogP contribution in [0, 0.1) is 0 Å². The first-order valence-electron chi connectivity index (χ1n) is 7.71. The van der Waals surface area contributed by atoms with Crippen LogP contribution in [-0.4, -0.2) is 58.4 Å². The van der Waals surface area contributed by atoms with Crippen molar-refractivity contribution in [3.8, 4) is 11.5 Å². The number of hydrogen-bond acceptors (Lipinski definition) is 7. The van der Waals surface area contributed by atoms with Crippen LogP contribution >= 0.6 is 11.8 Å². The van der Waals surface area contributed by atoms with Gasteiger partial charge in [-0.05, 0) is 36.8 Å². The zero-order valence-electron chi connectivity index (χ0n) is 14.6. The average molecular weight is 352 g/mol. The number of fused-ring (bicyclic) bond motifs is 1. The number of methoxy groups -OCH3 is 2. The molecule has 24 heavy (non-hydrogen) atoms. The highest BCUT2D eigenvalue weighted by Crippen LogP contribution is 2.36. The maximum absolute atomic E-state index is 5.76. The lowest BCUT2D eigenvalue weighted by Gasteiger charge is -2.21. The summed E-state index contributed by atoms with van der Waals surface area (Å²) in [5.74, 6) is 1.58. The highest BCUT2D eigenvalue weighted by molar-refractivity contribution is 8.15. The molecule has 1 aliphatic heterocycles. The molecule has 1 aromatic carbocycles. The van der Waals surface area contributed by atoms with Crippen molar-refractivity contribution in [1.82, 2.24) is 0 Å². The molecule has 0 atom stereocenters. The second-order valence-electron chi connectivity index (χ2n) is 5.10. The molecule has 1 aliphatic rings. The first kappa shape index (κ1) is 18.8. The van der Waals surface area contributed by atoms with Gasteiger partial charge in [0.1, 0.15) is 18.6 Å². The summed E-state index contributed by atoms with van der Waals surface area (Å²) in [7, 11) is 5.00. The minimum atomic E-state index is 0.216. The van der Waals surface area contributed by atoms with Crippen molar-refractivity contribution >= 4 is 22.5 Å². The lowest BCUT2D eigenvalue weighted by atomic mass is 10.00.